The summed E-state index contributed by atoms with van der Waals surface area (Å²) in [5.41, 5.74) is 2.46. The highest BCUT2D eigenvalue weighted by Crippen LogP contribution is 2.21. The Labute approximate surface area is 109 Å². The van der Waals surface area contributed by atoms with Crippen LogP contribution in [0.1, 0.15) is 5.56 Å². The Morgan fingerprint density at radius 3 is 2.68 bits per heavy atom. The zero-order valence-corrected chi connectivity index (χ0v) is 10.3. The highest BCUT2D eigenvalue weighted by Gasteiger charge is 2.13. The Kier molecular flexibility index (Phi) is 2.85. The van der Waals surface area contributed by atoms with Gasteiger partial charge in [-0.2, -0.15) is 4.98 Å². The van der Waals surface area contributed by atoms with Gasteiger partial charge in [-0.25, -0.2) is 4.98 Å². The number of benzene rings is 1. The smallest absolute Gasteiger partial charge is 0.276 e. The third-order valence-electron chi connectivity index (χ3n) is 2.86. The predicted octanol–water partition coefficient (Wildman–Crippen LogP) is 1.63. The Morgan fingerprint density at radius 2 is 2.05 bits per heavy atom. The summed E-state index contributed by atoms with van der Waals surface area (Å²) in [6.45, 7) is 0.0206. The molecule has 6 heteroatoms. The second-order valence-corrected chi connectivity index (χ2v) is 4.17. The van der Waals surface area contributed by atoms with Crippen molar-refractivity contribution in [2.24, 2.45) is 7.05 Å². The van der Waals surface area contributed by atoms with Gasteiger partial charge in [0.05, 0.1) is 19.1 Å². The zero-order chi connectivity index (χ0) is 13.2. The van der Waals surface area contributed by atoms with E-state index in [1.165, 1.54) is 0 Å². The van der Waals surface area contributed by atoms with Gasteiger partial charge < -0.3 is 14.2 Å². The lowest BCUT2D eigenvalue weighted by Crippen LogP contribution is -1.89. The number of aryl methyl sites for hydroxylation is 1. The molecule has 0 amide bonds. The SMILES string of the molecule is Cn1cncc1-c1nc(-c2ccc(CO)cc2)no1. The Hall–Kier alpha value is -2.47. The normalized spacial score (nSPS) is 10.8. The van der Waals surface area contributed by atoms with E-state index in [1.54, 1.807) is 12.5 Å². The molecule has 2 aromatic heterocycles. The van der Waals surface area contributed by atoms with E-state index in [0.29, 0.717) is 11.7 Å². The molecule has 0 atom stereocenters. The topological polar surface area (TPSA) is 77.0 Å². The first-order chi connectivity index (χ1) is 9.28. The number of aliphatic hydroxyl groups is 1. The minimum atomic E-state index is 0.0206. The van der Waals surface area contributed by atoms with Crippen LogP contribution in [0.25, 0.3) is 23.0 Å². The molecule has 1 aromatic carbocycles. The van der Waals surface area contributed by atoms with Gasteiger partial charge in [-0.05, 0) is 5.56 Å². The van der Waals surface area contributed by atoms with E-state index >= 15 is 0 Å². The lowest BCUT2D eigenvalue weighted by atomic mass is 10.1. The average Bonchev–Trinajstić information content (AvgIpc) is 3.07. The second kappa shape index (κ2) is 4.66. The van der Waals surface area contributed by atoms with E-state index in [-0.39, 0.29) is 6.61 Å². The number of hydrogen-bond donors (Lipinski definition) is 1. The van der Waals surface area contributed by atoms with E-state index in [1.807, 2.05) is 35.9 Å². The van der Waals surface area contributed by atoms with Gasteiger partial charge in [-0.3, -0.25) is 0 Å². The molecule has 0 fully saturated rings. The molecule has 0 saturated heterocycles. The summed E-state index contributed by atoms with van der Waals surface area (Å²) in [6, 6.07) is 7.36. The maximum Gasteiger partial charge on any atom is 0.276 e. The van der Waals surface area contributed by atoms with Crippen LogP contribution in [0.3, 0.4) is 0 Å². The minimum absolute atomic E-state index is 0.0206. The molecule has 0 aliphatic carbocycles. The number of rotatable bonds is 3. The van der Waals surface area contributed by atoms with Crippen molar-refractivity contribution in [3.8, 4) is 23.0 Å². The van der Waals surface area contributed by atoms with Crippen molar-refractivity contribution in [3.05, 3.63) is 42.4 Å². The molecule has 3 aromatic rings. The zero-order valence-electron chi connectivity index (χ0n) is 10.3. The molecule has 0 spiro atoms. The maximum absolute atomic E-state index is 9.00. The van der Waals surface area contributed by atoms with Crippen molar-refractivity contribution in [2.45, 2.75) is 6.61 Å². The fraction of sp³-hybridized carbons (Fsp3) is 0.154. The predicted molar refractivity (Wildman–Crippen MR) is 67.9 cm³/mol. The summed E-state index contributed by atoms with van der Waals surface area (Å²) in [5.74, 6) is 0.946. The highest BCUT2D eigenvalue weighted by molar-refractivity contribution is 5.58. The Balaban J connectivity index is 1.94. The van der Waals surface area contributed by atoms with Crippen molar-refractivity contribution >= 4 is 0 Å². The molecule has 0 bridgehead atoms. The van der Waals surface area contributed by atoms with Crippen LogP contribution >= 0.6 is 0 Å². The van der Waals surface area contributed by atoms with Crippen molar-refractivity contribution in [2.75, 3.05) is 0 Å². The van der Waals surface area contributed by atoms with E-state index in [4.69, 9.17) is 9.63 Å². The molecular formula is C13H12N4O2. The lowest BCUT2D eigenvalue weighted by Gasteiger charge is -1.97. The average molecular weight is 256 g/mol. The summed E-state index contributed by atoms with van der Waals surface area (Å²) >= 11 is 0. The Morgan fingerprint density at radius 1 is 1.26 bits per heavy atom. The van der Waals surface area contributed by atoms with Gasteiger partial charge >= 0.3 is 0 Å². The number of aromatic nitrogens is 4. The first kappa shape index (κ1) is 11.6. The number of hydrogen-bond acceptors (Lipinski definition) is 5. The van der Waals surface area contributed by atoms with Crippen LogP contribution in [0.4, 0.5) is 0 Å². The van der Waals surface area contributed by atoms with E-state index in [2.05, 4.69) is 15.1 Å². The van der Waals surface area contributed by atoms with Crippen LogP contribution < -0.4 is 0 Å². The molecule has 19 heavy (non-hydrogen) atoms. The fourth-order valence-corrected chi connectivity index (χ4v) is 1.77. The lowest BCUT2D eigenvalue weighted by molar-refractivity contribution is 0.282. The number of nitrogens with zero attached hydrogens (tertiary/aromatic N) is 4. The monoisotopic (exact) mass is 256 g/mol. The highest BCUT2D eigenvalue weighted by atomic mass is 16.5. The van der Waals surface area contributed by atoms with Crippen molar-refractivity contribution in [1.82, 2.24) is 19.7 Å². The van der Waals surface area contributed by atoms with Crippen LogP contribution in [0.15, 0.2) is 41.3 Å². The molecule has 2 heterocycles. The summed E-state index contributed by atoms with van der Waals surface area (Å²) < 4.78 is 7.04. The second-order valence-electron chi connectivity index (χ2n) is 4.17. The van der Waals surface area contributed by atoms with Gasteiger partial charge in [0.1, 0.15) is 5.69 Å². The number of imidazole rings is 1. The molecule has 6 nitrogen and oxygen atoms in total. The van der Waals surface area contributed by atoms with E-state index in [0.717, 1.165) is 16.8 Å². The van der Waals surface area contributed by atoms with Crippen molar-refractivity contribution in [3.63, 3.8) is 0 Å². The summed E-state index contributed by atoms with van der Waals surface area (Å²) in [7, 11) is 1.86. The van der Waals surface area contributed by atoms with Crippen LogP contribution in [0.5, 0.6) is 0 Å². The molecule has 0 aliphatic heterocycles. The summed E-state index contributed by atoms with van der Waals surface area (Å²) in [4.78, 5) is 8.35. The molecule has 0 unspecified atom stereocenters. The first-order valence-corrected chi connectivity index (χ1v) is 5.78. The Bertz CT molecular complexity index is 685. The molecule has 96 valence electrons. The van der Waals surface area contributed by atoms with Crippen LogP contribution in [0.2, 0.25) is 0 Å². The quantitative estimate of drug-likeness (QED) is 0.770. The van der Waals surface area contributed by atoms with Crippen LogP contribution in [-0.2, 0) is 13.7 Å². The molecule has 0 aliphatic rings. The molecule has 0 radical (unpaired) electrons. The fourth-order valence-electron chi connectivity index (χ4n) is 1.77. The minimum Gasteiger partial charge on any atom is -0.392 e. The van der Waals surface area contributed by atoms with Crippen LogP contribution in [0, 0.1) is 0 Å². The summed E-state index contributed by atoms with van der Waals surface area (Å²) in [6.07, 6.45) is 3.35. The van der Waals surface area contributed by atoms with Gasteiger partial charge in [-0.15, -0.1) is 0 Å². The third kappa shape index (κ3) is 2.13. The third-order valence-corrected chi connectivity index (χ3v) is 2.86. The standard InChI is InChI=1S/C13H12N4O2/c1-17-8-14-6-11(17)13-15-12(16-19-13)10-4-2-9(7-18)3-5-10/h2-6,8,18H,7H2,1H3. The summed E-state index contributed by atoms with van der Waals surface area (Å²) in [5, 5.41) is 12.9. The van der Waals surface area contributed by atoms with Gasteiger partial charge in [0.2, 0.25) is 5.82 Å². The molecule has 0 saturated carbocycles. The van der Waals surface area contributed by atoms with Gasteiger partial charge in [0.25, 0.3) is 5.89 Å². The van der Waals surface area contributed by atoms with Crippen molar-refractivity contribution in [1.29, 1.82) is 0 Å². The van der Waals surface area contributed by atoms with Gasteiger partial charge in [-0.1, -0.05) is 29.4 Å². The van der Waals surface area contributed by atoms with Gasteiger partial charge in [0, 0.05) is 12.6 Å². The first-order valence-electron chi connectivity index (χ1n) is 5.78. The van der Waals surface area contributed by atoms with E-state index in [9.17, 15) is 0 Å². The largest absolute Gasteiger partial charge is 0.392 e. The van der Waals surface area contributed by atoms with Crippen molar-refractivity contribution < 1.29 is 9.63 Å². The molecule has 1 N–H and O–H groups in total. The molecule has 3 rings (SSSR count). The van der Waals surface area contributed by atoms with E-state index < -0.39 is 0 Å². The van der Waals surface area contributed by atoms with Crippen LogP contribution in [-0.4, -0.2) is 24.8 Å². The van der Waals surface area contributed by atoms with Gasteiger partial charge in [0.15, 0.2) is 0 Å². The molecular weight excluding hydrogens is 244 g/mol. The number of aliphatic hydroxyl groups excluding tert-OH is 1. The maximum atomic E-state index is 9.00.